The molecule has 1 aromatic heterocycles. The van der Waals surface area contributed by atoms with Crippen LogP contribution in [0.25, 0.3) is 0 Å². The average Bonchev–Trinajstić information content (AvgIpc) is 3.27. The van der Waals surface area contributed by atoms with Crippen LogP contribution in [-0.4, -0.2) is 45.4 Å². The number of ether oxygens (including phenoxy) is 2. The van der Waals surface area contributed by atoms with Gasteiger partial charge >= 0.3 is 5.97 Å². The first-order valence-electron chi connectivity index (χ1n) is 10.5. The Bertz CT molecular complexity index is 759. The van der Waals surface area contributed by atoms with Gasteiger partial charge in [0, 0.05) is 29.2 Å². The normalized spacial score (nSPS) is 49.8. The largest absolute Gasteiger partial charge is 0.472 e. The number of aliphatic hydroxyl groups excluding tert-OH is 2. The van der Waals surface area contributed by atoms with Gasteiger partial charge in [0.1, 0.15) is 6.10 Å². The zero-order chi connectivity index (χ0) is 21.2. The van der Waals surface area contributed by atoms with Crippen molar-refractivity contribution in [3.63, 3.8) is 0 Å². The summed E-state index contributed by atoms with van der Waals surface area (Å²) in [4.78, 5) is 11.8. The Morgan fingerprint density at radius 1 is 1.24 bits per heavy atom. The number of fused-ring (bicyclic) bond motifs is 2. The first kappa shape index (κ1) is 20.8. The summed E-state index contributed by atoms with van der Waals surface area (Å²) in [5.41, 5.74) is -2.01. The summed E-state index contributed by atoms with van der Waals surface area (Å²) in [6.45, 7) is 6.98. The zero-order valence-corrected chi connectivity index (χ0v) is 17.5. The van der Waals surface area contributed by atoms with E-state index in [0.29, 0.717) is 25.7 Å². The van der Waals surface area contributed by atoms with Crippen molar-refractivity contribution in [3.8, 4) is 0 Å². The summed E-state index contributed by atoms with van der Waals surface area (Å²) in [5, 5.41) is 33.2. The van der Waals surface area contributed by atoms with Gasteiger partial charge in [-0.05, 0) is 44.6 Å². The molecule has 3 fully saturated rings. The van der Waals surface area contributed by atoms with Crippen molar-refractivity contribution < 1.29 is 34.0 Å². The highest BCUT2D eigenvalue weighted by molar-refractivity contribution is 5.66. The molecule has 162 valence electrons. The summed E-state index contributed by atoms with van der Waals surface area (Å²) in [6.07, 6.45) is 2.46. The fraction of sp³-hybridized carbons (Fsp3) is 0.773. The number of furan rings is 1. The molecule has 1 spiro atoms. The Morgan fingerprint density at radius 2 is 1.97 bits per heavy atom. The van der Waals surface area contributed by atoms with Crippen molar-refractivity contribution in [2.75, 3.05) is 0 Å². The molecular formula is C22H32O7. The Kier molecular flexibility index (Phi) is 4.89. The van der Waals surface area contributed by atoms with Crippen LogP contribution >= 0.6 is 0 Å². The molecule has 2 saturated carbocycles. The molecule has 9 atom stereocenters. The molecule has 0 aromatic carbocycles. The van der Waals surface area contributed by atoms with Crippen LogP contribution in [0, 0.1) is 22.7 Å². The second kappa shape index (κ2) is 6.80. The van der Waals surface area contributed by atoms with Crippen molar-refractivity contribution >= 4 is 5.97 Å². The molecule has 7 nitrogen and oxygen atoms in total. The molecule has 0 amide bonds. The summed E-state index contributed by atoms with van der Waals surface area (Å²) in [6, 6.07) is 1.83. The molecule has 0 unspecified atom stereocenters. The van der Waals surface area contributed by atoms with Crippen LogP contribution in [0.3, 0.4) is 0 Å². The molecule has 3 N–H and O–H groups in total. The molecule has 2 heterocycles. The maximum absolute atomic E-state index is 11.8. The van der Waals surface area contributed by atoms with Gasteiger partial charge in [-0.3, -0.25) is 4.79 Å². The molecule has 1 saturated heterocycles. The number of carbonyl (C=O) groups is 1. The van der Waals surface area contributed by atoms with E-state index in [9.17, 15) is 20.1 Å². The number of hydrogen-bond acceptors (Lipinski definition) is 7. The van der Waals surface area contributed by atoms with Gasteiger partial charge in [0.2, 0.25) is 0 Å². The maximum atomic E-state index is 11.8. The van der Waals surface area contributed by atoms with Gasteiger partial charge in [-0.15, -0.1) is 0 Å². The molecule has 1 aromatic rings. The third kappa shape index (κ3) is 2.81. The number of aliphatic hydroxyl groups is 3. The Hall–Kier alpha value is -1.41. The van der Waals surface area contributed by atoms with E-state index in [1.165, 1.54) is 6.92 Å². The van der Waals surface area contributed by atoms with Crippen molar-refractivity contribution in [3.05, 3.63) is 24.2 Å². The van der Waals surface area contributed by atoms with Gasteiger partial charge in [0.25, 0.3) is 0 Å². The smallest absolute Gasteiger partial charge is 0.302 e. The van der Waals surface area contributed by atoms with Crippen LogP contribution in [0.4, 0.5) is 0 Å². The number of esters is 1. The van der Waals surface area contributed by atoms with Crippen LogP contribution in [0.15, 0.2) is 23.0 Å². The minimum Gasteiger partial charge on any atom is -0.472 e. The second-order valence-corrected chi connectivity index (χ2v) is 9.70. The van der Waals surface area contributed by atoms with Crippen molar-refractivity contribution in [1.29, 1.82) is 0 Å². The summed E-state index contributed by atoms with van der Waals surface area (Å²) >= 11 is 0. The van der Waals surface area contributed by atoms with E-state index in [4.69, 9.17) is 13.9 Å². The molecule has 29 heavy (non-hydrogen) atoms. The highest BCUT2D eigenvalue weighted by Gasteiger charge is 2.71. The predicted octanol–water partition coefficient (Wildman–Crippen LogP) is 2.55. The van der Waals surface area contributed by atoms with E-state index in [0.717, 1.165) is 5.56 Å². The van der Waals surface area contributed by atoms with Gasteiger partial charge in [0.15, 0.2) is 6.29 Å². The highest BCUT2D eigenvalue weighted by Crippen LogP contribution is 2.68. The van der Waals surface area contributed by atoms with Gasteiger partial charge in [-0.1, -0.05) is 13.8 Å². The van der Waals surface area contributed by atoms with E-state index in [2.05, 4.69) is 0 Å². The summed E-state index contributed by atoms with van der Waals surface area (Å²) < 4.78 is 16.9. The molecule has 7 heteroatoms. The molecule has 3 aliphatic rings. The Balaban J connectivity index is 1.81. The number of rotatable bonds is 2. The van der Waals surface area contributed by atoms with Gasteiger partial charge in [0.05, 0.1) is 30.3 Å². The summed E-state index contributed by atoms with van der Waals surface area (Å²) in [7, 11) is 0. The first-order chi connectivity index (χ1) is 13.5. The van der Waals surface area contributed by atoms with Crippen LogP contribution in [0.5, 0.6) is 0 Å². The van der Waals surface area contributed by atoms with E-state index >= 15 is 0 Å². The minimum atomic E-state index is -1.38. The zero-order valence-electron chi connectivity index (χ0n) is 17.5. The number of carbonyl (C=O) groups excluding carboxylic acids is 1. The van der Waals surface area contributed by atoms with Crippen LogP contribution in [0.2, 0.25) is 0 Å². The van der Waals surface area contributed by atoms with Crippen molar-refractivity contribution in [2.24, 2.45) is 22.7 Å². The standard InChI is InChI=1S/C22H32O7/c1-12-15(28-13(2)23)9-20(3)17(5-6-18(24)21(20,4)26)22(12)10-16(29-19(22)25)14-7-8-27-11-14/h7-8,11-12,15-19,24-26H,5-6,9-10H2,1-4H3/t12-,15+,16-,17-,18+,19+,20-,21+,22-/m0/s1. The molecule has 0 radical (unpaired) electrons. The Morgan fingerprint density at radius 3 is 2.59 bits per heavy atom. The van der Waals surface area contributed by atoms with Crippen molar-refractivity contribution in [2.45, 2.75) is 83.6 Å². The van der Waals surface area contributed by atoms with Crippen LogP contribution in [0.1, 0.15) is 65.0 Å². The Labute approximate surface area is 171 Å². The first-order valence-corrected chi connectivity index (χ1v) is 10.5. The van der Waals surface area contributed by atoms with Crippen molar-refractivity contribution in [1.82, 2.24) is 0 Å². The second-order valence-electron chi connectivity index (χ2n) is 9.70. The predicted molar refractivity (Wildman–Crippen MR) is 102 cm³/mol. The van der Waals surface area contributed by atoms with E-state index in [1.807, 2.05) is 19.9 Å². The SMILES string of the molecule is CC(=O)O[C@@H]1C[C@@]2(C)[C@H](CC[C@@H](O)[C@@]2(C)O)[C@]2(C[C@@H](c3ccoc3)O[C@H]2O)[C@H]1C. The molecule has 4 rings (SSSR count). The lowest BCUT2D eigenvalue weighted by molar-refractivity contribution is -0.287. The third-order valence-electron chi connectivity index (χ3n) is 8.51. The van der Waals surface area contributed by atoms with E-state index in [1.54, 1.807) is 19.5 Å². The minimum absolute atomic E-state index is 0.109. The number of hydrogen-bond donors (Lipinski definition) is 3. The van der Waals surface area contributed by atoms with E-state index < -0.39 is 40.9 Å². The van der Waals surface area contributed by atoms with Crippen LogP contribution in [-0.2, 0) is 14.3 Å². The topological polar surface area (TPSA) is 109 Å². The lowest BCUT2D eigenvalue weighted by atomic mass is 9.42. The fourth-order valence-electron chi connectivity index (χ4n) is 6.62. The van der Waals surface area contributed by atoms with Gasteiger partial charge < -0.3 is 29.2 Å². The van der Waals surface area contributed by atoms with E-state index in [-0.39, 0.29) is 17.9 Å². The lowest BCUT2D eigenvalue weighted by Crippen LogP contribution is -2.69. The van der Waals surface area contributed by atoms with Gasteiger partial charge in [-0.2, -0.15) is 0 Å². The molecule has 1 aliphatic heterocycles. The maximum Gasteiger partial charge on any atom is 0.302 e. The third-order valence-corrected chi connectivity index (χ3v) is 8.51. The summed E-state index contributed by atoms with van der Waals surface area (Å²) in [5.74, 6) is -0.681. The molecular weight excluding hydrogens is 376 g/mol. The van der Waals surface area contributed by atoms with Crippen LogP contribution < -0.4 is 0 Å². The molecule has 0 bridgehead atoms. The average molecular weight is 408 g/mol. The van der Waals surface area contributed by atoms with Gasteiger partial charge in [-0.25, -0.2) is 0 Å². The quantitative estimate of drug-likeness (QED) is 0.645. The monoisotopic (exact) mass is 408 g/mol. The fourth-order valence-corrected chi connectivity index (χ4v) is 6.62. The lowest BCUT2D eigenvalue weighted by Gasteiger charge is -2.65. The highest BCUT2D eigenvalue weighted by atomic mass is 16.6. The molecule has 2 aliphatic carbocycles.